The maximum Gasteiger partial charge on any atom is 0.120 e. The molecule has 0 aromatic heterocycles. The predicted molar refractivity (Wildman–Crippen MR) is 104 cm³/mol. The number of aryl methyl sites for hydroxylation is 2. The van der Waals surface area contributed by atoms with E-state index in [4.69, 9.17) is 9.47 Å². The van der Waals surface area contributed by atoms with Crippen LogP contribution in [0.15, 0.2) is 36.4 Å². The molecular formula is C22H30O4. The highest BCUT2D eigenvalue weighted by Gasteiger charge is 2.15. The van der Waals surface area contributed by atoms with Crippen LogP contribution >= 0.6 is 0 Å². The summed E-state index contributed by atoms with van der Waals surface area (Å²) in [6.07, 6.45) is 1.17. The Morgan fingerprint density at radius 1 is 0.654 bits per heavy atom. The van der Waals surface area contributed by atoms with Crippen LogP contribution < -0.4 is 9.47 Å². The van der Waals surface area contributed by atoms with Crippen LogP contribution in [0.1, 0.15) is 52.7 Å². The molecule has 2 N–H and O–H groups in total. The van der Waals surface area contributed by atoms with Gasteiger partial charge < -0.3 is 19.7 Å². The summed E-state index contributed by atoms with van der Waals surface area (Å²) in [5.41, 5.74) is 0.970. The molecule has 0 amide bonds. The van der Waals surface area contributed by atoms with Gasteiger partial charge in [0.05, 0.1) is 0 Å². The minimum atomic E-state index is -0.300. The Labute approximate surface area is 156 Å². The van der Waals surface area contributed by atoms with E-state index in [1.807, 2.05) is 53.7 Å². The zero-order valence-corrected chi connectivity index (χ0v) is 16.6. The summed E-state index contributed by atoms with van der Waals surface area (Å²) in [6, 6.07) is 10.5. The standard InChI is InChI=1S/C22H30O4/c1-21(2,3)25-17-9-11-19(23)15(13-17)7-8-16-14-18(10-12-20(16)24)26-22(4,5)6/h9-14,23-24H,7-8H2,1-6H3. The van der Waals surface area contributed by atoms with Crippen LogP contribution in [0.25, 0.3) is 0 Å². The number of hydrogen-bond donors (Lipinski definition) is 2. The van der Waals surface area contributed by atoms with E-state index in [9.17, 15) is 10.2 Å². The fourth-order valence-electron chi connectivity index (χ4n) is 2.63. The molecule has 2 aromatic carbocycles. The molecular weight excluding hydrogens is 328 g/mol. The SMILES string of the molecule is CC(C)(C)Oc1ccc(O)c(CCc2cc(OC(C)(C)C)ccc2O)c1. The molecule has 0 unspecified atom stereocenters. The first-order chi connectivity index (χ1) is 11.9. The van der Waals surface area contributed by atoms with Gasteiger partial charge in [0.2, 0.25) is 0 Å². The lowest BCUT2D eigenvalue weighted by Gasteiger charge is -2.22. The Balaban J connectivity index is 2.15. The van der Waals surface area contributed by atoms with Crippen molar-refractivity contribution in [1.82, 2.24) is 0 Å². The molecule has 0 saturated heterocycles. The van der Waals surface area contributed by atoms with Crippen molar-refractivity contribution in [3.8, 4) is 23.0 Å². The van der Waals surface area contributed by atoms with Crippen molar-refractivity contribution in [1.29, 1.82) is 0 Å². The molecule has 4 heteroatoms. The molecule has 2 rings (SSSR count). The number of benzene rings is 2. The predicted octanol–water partition coefficient (Wildman–Crippen LogP) is 5.24. The van der Waals surface area contributed by atoms with E-state index in [0.29, 0.717) is 12.8 Å². The fourth-order valence-corrected chi connectivity index (χ4v) is 2.63. The summed E-state index contributed by atoms with van der Waals surface area (Å²) in [4.78, 5) is 0. The molecule has 26 heavy (non-hydrogen) atoms. The van der Waals surface area contributed by atoms with Crippen LogP contribution in [-0.4, -0.2) is 21.4 Å². The molecule has 0 heterocycles. The van der Waals surface area contributed by atoms with E-state index in [0.717, 1.165) is 22.6 Å². The topological polar surface area (TPSA) is 58.9 Å². The summed E-state index contributed by atoms with van der Waals surface area (Å²) in [5, 5.41) is 20.3. The van der Waals surface area contributed by atoms with Gasteiger partial charge >= 0.3 is 0 Å². The van der Waals surface area contributed by atoms with Crippen LogP contribution in [0, 0.1) is 0 Å². The van der Waals surface area contributed by atoms with Gasteiger partial charge in [0, 0.05) is 0 Å². The van der Waals surface area contributed by atoms with Gasteiger partial charge in [-0.2, -0.15) is 0 Å². The first kappa shape index (κ1) is 20.0. The van der Waals surface area contributed by atoms with E-state index in [-0.39, 0.29) is 22.7 Å². The van der Waals surface area contributed by atoms with Gasteiger partial charge in [0.1, 0.15) is 34.2 Å². The number of hydrogen-bond acceptors (Lipinski definition) is 4. The normalized spacial score (nSPS) is 12.1. The summed E-state index contributed by atoms with van der Waals surface area (Å²) < 4.78 is 11.7. The second kappa shape index (κ2) is 7.48. The summed E-state index contributed by atoms with van der Waals surface area (Å²) >= 11 is 0. The summed E-state index contributed by atoms with van der Waals surface area (Å²) in [6.45, 7) is 11.9. The van der Waals surface area contributed by atoms with Gasteiger partial charge in [-0.3, -0.25) is 0 Å². The Bertz CT molecular complexity index is 686. The number of ether oxygens (including phenoxy) is 2. The Morgan fingerprint density at radius 2 is 1.00 bits per heavy atom. The molecule has 0 spiro atoms. The smallest absolute Gasteiger partial charge is 0.120 e. The molecule has 0 fully saturated rings. The monoisotopic (exact) mass is 358 g/mol. The molecule has 0 radical (unpaired) electrons. The van der Waals surface area contributed by atoms with Crippen molar-refractivity contribution in [2.75, 3.05) is 0 Å². The highest BCUT2D eigenvalue weighted by Crippen LogP contribution is 2.30. The van der Waals surface area contributed by atoms with Gasteiger partial charge in [-0.05, 0) is 102 Å². The minimum Gasteiger partial charge on any atom is -0.508 e. The van der Waals surface area contributed by atoms with Gasteiger partial charge in [-0.25, -0.2) is 0 Å². The maximum atomic E-state index is 10.1. The van der Waals surface area contributed by atoms with Crippen molar-refractivity contribution < 1.29 is 19.7 Å². The molecule has 0 aliphatic carbocycles. The van der Waals surface area contributed by atoms with E-state index in [1.165, 1.54) is 0 Å². The molecule has 0 atom stereocenters. The van der Waals surface area contributed by atoms with E-state index in [2.05, 4.69) is 0 Å². The second-order valence-electron chi connectivity index (χ2n) is 8.51. The Hall–Kier alpha value is -2.36. The molecule has 0 bridgehead atoms. The summed E-state index contributed by atoms with van der Waals surface area (Å²) in [7, 11) is 0. The quantitative estimate of drug-likeness (QED) is 0.767. The highest BCUT2D eigenvalue weighted by atomic mass is 16.5. The van der Waals surface area contributed by atoms with E-state index >= 15 is 0 Å². The molecule has 2 aromatic rings. The van der Waals surface area contributed by atoms with Crippen LogP contribution in [0.2, 0.25) is 0 Å². The largest absolute Gasteiger partial charge is 0.508 e. The van der Waals surface area contributed by atoms with Gasteiger partial charge in [-0.15, -0.1) is 0 Å². The average molecular weight is 358 g/mol. The van der Waals surface area contributed by atoms with Crippen molar-refractivity contribution in [3.63, 3.8) is 0 Å². The van der Waals surface area contributed by atoms with E-state index < -0.39 is 0 Å². The van der Waals surface area contributed by atoms with Crippen LogP contribution in [0.5, 0.6) is 23.0 Å². The second-order valence-corrected chi connectivity index (χ2v) is 8.51. The first-order valence-electron chi connectivity index (χ1n) is 8.95. The third-order valence-corrected chi connectivity index (χ3v) is 3.61. The number of phenols is 2. The lowest BCUT2D eigenvalue weighted by Crippen LogP contribution is -2.23. The van der Waals surface area contributed by atoms with Gasteiger partial charge in [0.15, 0.2) is 0 Å². The Kier molecular flexibility index (Phi) is 5.74. The van der Waals surface area contributed by atoms with Crippen molar-refractivity contribution in [2.24, 2.45) is 0 Å². The van der Waals surface area contributed by atoms with Gasteiger partial charge in [0.25, 0.3) is 0 Å². The molecule has 142 valence electrons. The highest BCUT2D eigenvalue weighted by molar-refractivity contribution is 5.43. The summed E-state index contributed by atoms with van der Waals surface area (Å²) in [5.74, 6) is 1.90. The fraction of sp³-hybridized carbons (Fsp3) is 0.455. The third-order valence-electron chi connectivity index (χ3n) is 3.61. The number of aromatic hydroxyl groups is 2. The average Bonchev–Trinajstić information content (AvgIpc) is 2.47. The third kappa shape index (κ3) is 6.17. The lowest BCUT2D eigenvalue weighted by atomic mass is 10.0. The zero-order valence-electron chi connectivity index (χ0n) is 16.6. The number of rotatable bonds is 5. The lowest BCUT2D eigenvalue weighted by molar-refractivity contribution is 0.130. The molecule has 0 aliphatic rings. The minimum absolute atomic E-state index is 0.229. The molecule has 4 nitrogen and oxygen atoms in total. The van der Waals surface area contributed by atoms with Crippen LogP contribution in [0.3, 0.4) is 0 Å². The molecule has 0 aliphatic heterocycles. The van der Waals surface area contributed by atoms with Crippen LogP contribution in [0.4, 0.5) is 0 Å². The zero-order chi connectivity index (χ0) is 19.5. The first-order valence-corrected chi connectivity index (χ1v) is 8.95. The van der Waals surface area contributed by atoms with Crippen molar-refractivity contribution in [3.05, 3.63) is 47.5 Å². The maximum absolute atomic E-state index is 10.1. The van der Waals surface area contributed by atoms with E-state index in [1.54, 1.807) is 24.3 Å². The van der Waals surface area contributed by atoms with Crippen molar-refractivity contribution in [2.45, 2.75) is 65.6 Å². The van der Waals surface area contributed by atoms with Crippen LogP contribution in [-0.2, 0) is 12.8 Å². The Morgan fingerprint density at radius 3 is 1.31 bits per heavy atom. The van der Waals surface area contributed by atoms with Gasteiger partial charge in [-0.1, -0.05) is 0 Å². The van der Waals surface area contributed by atoms with Crippen molar-refractivity contribution >= 4 is 0 Å². The number of phenolic OH excluding ortho intramolecular Hbond substituents is 2. The molecule has 0 saturated carbocycles.